The lowest BCUT2D eigenvalue weighted by atomic mass is 10.1. The van der Waals surface area contributed by atoms with Crippen LogP contribution in [-0.4, -0.2) is 31.0 Å². The molecule has 5 heteroatoms. The monoisotopic (exact) mass is 347 g/mol. The summed E-state index contributed by atoms with van der Waals surface area (Å²) in [6, 6.07) is 12.6. The predicted molar refractivity (Wildman–Crippen MR) is 96.0 cm³/mol. The van der Waals surface area contributed by atoms with Gasteiger partial charge in [-0.3, -0.25) is 4.79 Å². The van der Waals surface area contributed by atoms with Crippen LogP contribution in [0.25, 0.3) is 0 Å². The molecule has 2 aromatic carbocycles. The average molecular weight is 348 g/mol. The summed E-state index contributed by atoms with van der Waals surface area (Å²) in [6.07, 6.45) is 0. The van der Waals surface area contributed by atoms with Crippen molar-refractivity contribution in [1.29, 1.82) is 0 Å². The number of rotatable bonds is 7. The standard InChI is InChI=1S/C19H22ClNO3/c1-4-21(5-2)19(22)14-9-10-18(23-3)15(11-14)13-24-17-8-6-7-16(20)12-17/h6-12H,4-5,13H2,1-3H3. The number of ether oxygens (including phenoxy) is 2. The first kappa shape index (κ1) is 18.1. The van der Waals surface area contributed by atoms with Crippen LogP contribution in [0.5, 0.6) is 11.5 Å². The first-order valence-electron chi connectivity index (χ1n) is 7.93. The normalized spacial score (nSPS) is 10.3. The second-order valence-electron chi connectivity index (χ2n) is 5.25. The summed E-state index contributed by atoms with van der Waals surface area (Å²) < 4.78 is 11.1. The maximum absolute atomic E-state index is 12.5. The van der Waals surface area contributed by atoms with Crippen LogP contribution in [0.4, 0.5) is 0 Å². The summed E-state index contributed by atoms with van der Waals surface area (Å²) >= 11 is 5.96. The molecule has 0 N–H and O–H groups in total. The van der Waals surface area contributed by atoms with E-state index in [-0.39, 0.29) is 5.91 Å². The van der Waals surface area contributed by atoms with E-state index in [4.69, 9.17) is 21.1 Å². The largest absolute Gasteiger partial charge is 0.496 e. The van der Waals surface area contributed by atoms with Crippen molar-refractivity contribution in [3.63, 3.8) is 0 Å². The van der Waals surface area contributed by atoms with E-state index in [1.54, 1.807) is 36.3 Å². The fourth-order valence-electron chi connectivity index (χ4n) is 2.44. The fourth-order valence-corrected chi connectivity index (χ4v) is 2.62. The number of benzene rings is 2. The Morgan fingerprint density at radius 3 is 2.50 bits per heavy atom. The van der Waals surface area contributed by atoms with E-state index in [9.17, 15) is 4.79 Å². The van der Waals surface area contributed by atoms with Gasteiger partial charge in [0, 0.05) is 29.2 Å². The number of carbonyl (C=O) groups is 1. The van der Waals surface area contributed by atoms with E-state index >= 15 is 0 Å². The highest BCUT2D eigenvalue weighted by molar-refractivity contribution is 6.30. The van der Waals surface area contributed by atoms with Crippen LogP contribution in [-0.2, 0) is 6.61 Å². The molecule has 0 aliphatic carbocycles. The molecule has 0 radical (unpaired) electrons. The molecular weight excluding hydrogens is 326 g/mol. The zero-order valence-electron chi connectivity index (χ0n) is 14.2. The van der Waals surface area contributed by atoms with Gasteiger partial charge in [0.15, 0.2) is 0 Å². The van der Waals surface area contributed by atoms with Gasteiger partial charge in [-0.25, -0.2) is 0 Å². The minimum absolute atomic E-state index is 0.00617. The maximum Gasteiger partial charge on any atom is 0.253 e. The Hall–Kier alpha value is -2.20. The Balaban J connectivity index is 2.21. The lowest BCUT2D eigenvalue weighted by molar-refractivity contribution is 0.0772. The Morgan fingerprint density at radius 2 is 1.88 bits per heavy atom. The number of methoxy groups -OCH3 is 1. The molecule has 1 amide bonds. The van der Waals surface area contributed by atoms with Gasteiger partial charge in [0.05, 0.1) is 7.11 Å². The molecule has 2 aromatic rings. The molecule has 0 unspecified atom stereocenters. The van der Waals surface area contributed by atoms with Crippen LogP contribution < -0.4 is 9.47 Å². The second kappa shape index (κ2) is 8.60. The highest BCUT2D eigenvalue weighted by Gasteiger charge is 2.15. The number of hydrogen-bond acceptors (Lipinski definition) is 3. The third kappa shape index (κ3) is 4.42. The van der Waals surface area contributed by atoms with E-state index < -0.39 is 0 Å². The Labute approximate surface area is 147 Å². The Bertz CT molecular complexity index is 699. The molecule has 0 spiro atoms. The lowest BCUT2D eigenvalue weighted by Crippen LogP contribution is -2.30. The van der Waals surface area contributed by atoms with E-state index in [1.807, 2.05) is 32.0 Å². The van der Waals surface area contributed by atoms with Gasteiger partial charge >= 0.3 is 0 Å². The molecule has 2 rings (SSSR count). The van der Waals surface area contributed by atoms with Crippen LogP contribution in [0.15, 0.2) is 42.5 Å². The van der Waals surface area contributed by atoms with Crippen molar-refractivity contribution in [1.82, 2.24) is 4.90 Å². The van der Waals surface area contributed by atoms with Crippen molar-refractivity contribution in [3.8, 4) is 11.5 Å². The van der Waals surface area contributed by atoms with Crippen LogP contribution in [0.2, 0.25) is 5.02 Å². The van der Waals surface area contributed by atoms with E-state index in [1.165, 1.54) is 0 Å². The van der Waals surface area contributed by atoms with E-state index in [2.05, 4.69) is 0 Å². The van der Waals surface area contributed by atoms with Gasteiger partial charge in [-0.05, 0) is 50.2 Å². The number of carbonyl (C=O) groups excluding carboxylic acids is 1. The average Bonchev–Trinajstić information content (AvgIpc) is 2.60. The molecule has 0 aliphatic heterocycles. The first-order chi connectivity index (χ1) is 11.6. The Morgan fingerprint density at radius 1 is 1.12 bits per heavy atom. The molecule has 0 saturated carbocycles. The summed E-state index contributed by atoms with van der Waals surface area (Å²) in [6.45, 7) is 5.58. The summed E-state index contributed by atoms with van der Waals surface area (Å²) in [5.74, 6) is 1.37. The van der Waals surface area contributed by atoms with Crippen molar-refractivity contribution >= 4 is 17.5 Å². The van der Waals surface area contributed by atoms with Gasteiger partial charge in [0.2, 0.25) is 0 Å². The Kier molecular flexibility index (Phi) is 6.50. The SMILES string of the molecule is CCN(CC)C(=O)c1ccc(OC)c(COc2cccc(Cl)c2)c1. The summed E-state index contributed by atoms with van der Waals surface area (Å²) in [4.78, 5) is 14.3. The van der Waals surface area contributed by atoms with Crippen molar-refractivity contribution in [2.75, 3.05) is 20.2 Å². The van der Waals surface area contributed by atoms with Crippen molar-refractivity contribution < 1.29 is 14.3 Å². The molecule has 128 valence electrons. The quantitative estimate of drug-likeness (QED) is 0.744. The van der Waals surface area contributed by atoms with Crippen molar-refractivity contribution in [2.45, 2.75) is 20.5 Å². The molecule has 0 aromatic heterocycles. The van der Waals surface area contributed by atoms with Gasteiger partial charge in [-0.15, -0.1) is 0 Å². The molecular formula is C19H22ClNO3. The fraction of sp³-hybridized carbons (Fsp3) is 0.316. The molecule has 0 heterocycles. The smallest absolute Gasteiger partial charge is 0.253 e. The van der Waals surface area contributed by atoms with Gasteiger partial charge in [0.25, 0.3) is 5.91 Å². The van der Waals surface area contributed by atoms with Crippen LogP contribution >= 0.6 is 11.6 Å². The second-order valence-corrected chi connectivity index (χ2v) is 5.69. The maximum atomic E-state index is 12.5. The van der Waals surface area contributed by atoms with E-state index in [0.29, 0.717) is 41.8 Å². The highest BCUT2D eigenvalue weighted by atomic mass is 35.5. The molecule has 0 atom stereocenters. The summed E-state index contributed by atoms with van der Waals surface area (Å²) in [7, 11) is 1.60. The van der Waals surface area contributed by atoms with Crippen LogP contribution in [0.3, 0.4) is 0 Å². The van der Waals surface area contributed by atoms with Crippen molar-refractivity contribution in [3.05, 3.63) is 58.6 Å². The summed E-state index contributed by atoms with van der Waals surface area (Å²) in [5.41, 5.74) is 1.44. The van der Waals surface area contributed by atoms with Crippen LogP contribution in [0.1, 0.15) is 29.8 Å². The lowest BCUT2D eigenvalue weighted by Gasteiger charge is -2.19. The van der Waals surface area contributed by atoms with Gasteiger partial charge in [-0.2, -0.15) is 0 Å². The third-order valence-corrected chi connectivity index (χ3v) is 4.00. The zero-order valence-corrected chi connectivity index (χ0v) is 15.0. The van der Waals surface area contributed by atoms with E-state index in [0.717, 1.165) is 5.56 Å². The molecule has 0 bridgehead atoms. The zero-order chi connectivity index (χ0) is 17.5. The number of amides is 1. The molecule has 0 saturated heterocycles. The minimum Gasteiger partial charge on any atom is -0.496 e. The van der Waals surface area contributed by atoms with Crippen LogP contribution in [0, 0.1) is 0 Å². The number of nitrogens with zero attached hydrogens (tertiary/aromatic N) is 1. The van der Waals surface area contributed by atoms with Gasteiger partial charge < -0.3 is 14.4 Å². The molecule has 4 nitrogen and oxygen atoms in total. The third-order valence-electron chi connectivity index (χ3n) is 3.77. The number of halogens is 1. The molecule has 0 fully saturated rings. The minimum atomic E-state index is 0.00617. The first-order valence-corrected chi connectivity index (χ1v) is 8.31. The summed E-state index contributed by atoms with van der Waals surface area (Å²) in [5, 5.41) is 0.616. The van der Waals surface area contributed by atoms with Crippen molar-refractivity contribution in [2.24, 2.45) is 0 Å². The topological polar surface area (TPSA) is 38.8 Å². The van der Waals surface area contributed by atoms with Gasteiger partial charge in [-0.1, -0.05) is 17.7 Å². The molecule has 24 heavy (non-hydrogen) atoms. The molecule has 0 aliphatic rings. The predicted octanol–water partition coefficient (Wildman–Crippen LogP) is 4.41. The van der Waals surface area contributed by atoms with Gasteiger partial charge in [0.1, 0.15) is 18.1 Å². The highest BCUT2D eigenvalue weighted by Crippen LogP contribution is 2.24. The number of hydrogen-bond donors (Lipinski definition) is 0.